The van der Waals surface area contributed by atoms with Gasteiger partial charge in [0.2, 0.25) is 5.91 Å². The Kier molecular flexibility index (Phi) is 9.78. The summed E-state index contributed by atoms with van der Waals surface area (Å²) in [7, 11) is 0. The van der Waals surface area contributed by atoms with Gasteiger partial charge in [-0.15, -0.1) is 6.58 Å². The van der Waals surface area contributed by atoms with Crippen molar-refractivity contribution in [2.75, 3.05) is 39.4 Å². The second kappa shape index (κ2) is 11.5. The van der Waals surface area contributed by atoms with Crippen LogP contribution in [-0.4, -0.2) is 56.2 Å². The predicted octanol–water partition coefficient (Wildman–Crippen LogP) is 1.06. The van der Waals surface area contributed by atoms with E-state index in [0.717, 1.165) is 52.1 Å². The van der Waals surface area contributed by atoms with Crippen LogP contribution in [0.25, 0.3) is 0 Å². The molecule has 1 unspecified atom stereocenters. The Morgan fingerprint density at radius 3 is 2.76 bits per heavy atom. The molecular weight excluding hydrogens is 266 g/mol. The normalized spacial score (nSPS) is 17.8. The summed E-state index contributed by atoms with van der Waals surface area (Å²) < 4.78 is 5.31. The predicted molar refractivity (Wildman–Crippen MR) is 86.0 cm³/mol. The molecule has 0 bridgehead atoms. The molecule has 1 atom stereocenters. The first-order valence-electron chi connectivity index (χ1n) is 7.83. The number of morpholine rings is 1. The second-order valence-corrected chi connectivity index (χ2v) is 5.28. The fraction of sp³-hybridized carbons (Fsp3) is 0.688. The minimum atomic E-state index is 0.0105. The highest BCUT2D eigenvalue weighted by Gasteiger charge is 2.09. The maximum atomic E-state index is 11.7. The summed E-state index contributed by atoms with van der Waals surface area (Å²) in [5, 5.41) is 2.98. The van der Waals surface area contributed by atoms with Gasteiger partial charge in [0.15, 0.2) is 0 Å². The molecule has 1 aliphatic rings. The Labute approximate surface area is 128 Å². The van der Waals surface area contributed by atoms with Crippen molar-refractivity contribution in [3.8, 4) is 0 Å². The number of nitrogens with one attached hydrogen (secondary N) is 1. The number of unbranched alkanes of at least 4 members (excludes halogenated alkanes) is 1. The van der Waals surface area contributed by atoms with E-state index in [-0.39, 0.29) is 11.9 Å². The van der Waals surface area contributed by atoms with Crippen LogP contribution in [0.1, 0.15) is 25.7 Å². The number of nitrogens with zero attached hydrogens (tertiary/aromatic N) is 1. The Morgan fingerprint density at radius 2 is 2.10 bits per heavy atom. The number of hydrogen-bond acceptors (Lipinski definition) is 4. The third kappa shape index (κ3) is 8.65. The topological polar surface area (TPSA) is 67.6 Å². The fourth-order valence-electron chi connectivity index (χ4n) is 2.17. The van der Waals surface area contributed by atoms with Gasteiger partial charge in [-0.2, -0.15) is 0 Å². The highest BCUT2D eigenvalue weighted by atomic mass is 16.5. The number of rotatable bonds is 10. The molecule has 0 aliphatic carbocycles. The molecule has 1 rings (SSSR count). The van der Waals surface area contributed by atoms with Crippen LogP contribution in [-0.2, 0) is 9.53 Å². The summed E-state index contributed by atoms with van der Waals surface area (Å²) in [6, 6.07) is 0.0105. The zero-order valence-electron chi connectivity index (χ0n) is 12.9. The van der Waals surface area contributed by atoms with Gasteiger partial charge in [-0.3, -0.25) is 9.69 Å². The van der Waals surface area contributed by atoms with Crippen molar-refractivity contribution in [1.82, 2.24) is 10.2 Å². The molecule has 3 N–H and O–H groups in total. The van der Waals surface area contributed by atoms with Crippen LogP contribution < -0.4 is 11.1 Å². The summed E-state index contributed by atoms with van der Waals surface area (Å²) in [4.78, 5) is 14.1. The lowest BCUT2D eigenvalue weighted by atomic mass is 10.1. The SMILES string of the molecule is C=CC(C/C=C\CN1CCOCC1)NC(=O)CCCCN. The lowest BCUT2D eigenvalue weighted by Crippen LogP contribution is -2.36. The van der Waals surface area contributed by atoms with Crippen LogP contribution in [0.5, 0.6) is 0 Å². The van der Waals surface area contributed by atoms with Gasteiger partial charge < -0.3 is 15.8 Å². The fourth-order valence-corrected chi connectivity index (χ4v) is 2.17. The average molecular weight is 295 g/mol. The molecule has 0 spiro atoms. The van der Waals surface area contributed by atoms with Crippen molar-refractivity contribution in [3.05, 3.63) is 24.8 Å². The maximum absolute atomic E-state index is 11.7. The van der Waals surface area contributed by atoms with Gasteiger partial charge in [0.05, 0.1) is 19.3 Å². The van der Waals surface area contributed by atoms with Gasteiger partial charge >= 0.3 is 0 Å². The standard InChI is InChI=1S/C16H29N3O2/c1-2-15(18-16(20)8-3-5-9-17)7-4-6-10-19-11-13-21-14-12-19/h2,4,6,15H,1,3,5,7-14,17H2,(H,18,20)/b6-4-. The van der Waals surface area contributed by atoms with E-state index in [1.165, 1.54) is 0 Å². The molecule has 0 aromatic rings. The van der Waals surface area contributed by atoms with Gasteiger partial charge in [0.1, 0.15) is 0 Å². The third-order valence-electron chi connectivity index (χ3n) is 3.51. The molecule has 1 saturated heterocycles. The molecule has 0 saturated carbocycles. The van der Waals surface area contributed by atoms with Gasteiger partial charge in [-0.1, -0.05) is 18.2 Å². The van der Waals surface area contributed by atoms with Crippen molar-refractivity contribution in [2.45, 2.75) is 31.7 Å². The molecule has 1 amide bonds. The van der Waals surface area contributed by atoms with E-state index < -0.39 is 0 Å². The minimum absolute atomic E-state index is 0.0105. The van der Waals surface area contributed by atoms with Crippen molar-refractivity contribution in [2.24, 2.45) is 5.73 Å². The Hall–Kier alpha value is -1.17. The van der Waals surface area contributed by atoms with E-state index in [4.69, 9.17) is 10.5 Å². The molecule has 120 valence electrons. The molecule has 5 nitrogen and oxygen atoms in total. The van der Waals surface area contributed by atoms with Crippen LogP contribution in [0.3, 0.4) is 0 Å². The number of nitrogens with two attached hydrogens (primary N) is 1. The van der Waals surface area contributed by atoms with Gasteiger partial charge in [0.25, 0.3) is 0 Å². The molecular formula is C16H29N3O2. The lowest BCUT2D eigenvalue weighted by Gasteiger charge is -2.25. The Balaban J connectivity index is 2.17. The Morgan fingerprint density at radius 1 is 1.33 bits per heavy atom. The van der Waals surface area contributed by atoms with Crippen LogP contribution >= 0.6 is 0 Å². The maximum Gasteiger partial charge on any atom is 0.220 e. The Bertz CT molecular complexity index is 325. The smallest absolute Gasteiger partial charge is 0.220 e. The van der Waals surface area contributed by atoms with Gasteiger partial charge in [-0.05, 0) is 25.8 Å². The molecule has 1 aliphatic heterocycles. The molecule has 5 heteroatoms. The molecule has 0 radical (unpaired) electrons. The third-order valence-corrected chi connectivity index (χ3v) is 3.51. The summed E-state index contributed by atoms with van der Waals surface area (Å²) in [5.74, 6) is 0.0786. The van der Waals surface area contributed by atoms with Crippen molar-refractivity contribution in [3.63, 3.8) is 0 Å². The van der Waals surface area contributed by atoms with Crippen LogP contribution in [0, 0.1) is 0 Å². The number of carbonyl (C=O) groups is 1. The van der Waals surface area contributed by atoms with E-state index in [9.17, 15) is 4.79 Å². The number of amides is 1. The van der Waals surface area contributed by atoms with E-state index in [2.05, 4.69) is 28.9 Å². The highest BCUT2D eigenvalue weighted by molar-refractivity contribution is 5.76. The molecule has 1 fully saturated rings. The molecule has 0 aromatic carbocycles. The van der Waals surface area contributed by atoms with Crippen molar-refractivity contribution >= 4 is 5.91 Å². The number of hydrogen-bond donors (Lipinski definition) is 2. The van der Waals surface area contributed by atoms with Crippen LogP contribution in [0.15, 0.2) is 24.8 Å². The zero-order chi connectivity index (χ0) is 15.3. The van der Waals surface area contributed by atoms with E-state index >= 15 is 0 Å². The van der Waals surface area contributed by atoms with Crippen molar-refractivity contribution < 1.29 is 9.53 Å². The number of ether oxygens (including phenoxy) is 1. The second-order valence-electron chi connectivity index (χ2n) is 5.28. The first-order chi connectivity index (χ1) is 10.3. The summed E-state index contributed by atoms with van der Waals surface area (Å²) in [5.41, 5.74) is 5.42. The van der Waals surface area contributed by atoms with E-state index in [1.807, 2.05) is 0 Å². The first kappa shape index (κ1) is 17.9. The van der Waals surface area contributed by atoms with Crippen LogP contribution in [0.2, 0.25) is 0 Å². The van der Waals surface area contributed by atoms with E-state index in [0.29, 0.717) is 13.0 Å². The summed E-state index contributed by atoms with van der Waals surface area (Å²) in [6.45, 7) is 9.00. The minimum Gasteiger partial charge on any atom is -0.379 e. The van der Waals surface area contributed by atoms with Gasteiger partial charge in [0, 0.05) is 26.1 Å². The summed E-state index contributed by atoms with van der Waals surface area (Å²) >= 11 is 0. The molecule has 1 heterocycles. The van der Waals surface area contributed by atoms with Crippen LogP contribution in [0.4, 0.5) is 0 Å². The number of carbonyl (C=O) groups excluding carboxylic acids is 1. The average Bonchev–Trinajstić information content (AvgIpc) is 2.51. The summed E-state index contributed by atoms with van der Waals surface area (Å²) in [6.07, 6.45) is 9.13. The largest absolute Gasteiger partial charge is 0.379 e. The molecule has 0 aromatic heterocycles. The highest BCUT2D eigenvalue weighted by Crippen LogP contribution is 2.01. The van der Waals surface area contributed by atoms with E-state index in [1.54, 1.807) is 6.08 Å². The molecule has 21 heavy (non-hydrogen) atoms. The zero-order valence-corrected chi connectivity index (χ0v) is 12.9. The lowest BCUT2D eigenvalue weighted by molar-refractivity contribution is -0.121. The first-order valence-corrected chi connectivity index (χ1v) is 7.83. The van der Waals surface area contributed by atoms with Gasteiger partial charge in [-0.25, -0.2) is 0 Å². The monoisotopic (exact) mass is 295 g/mol. The van der Waals surface area contributed by atoms with Crippen molar-refractivity contribution in [1.29, 1.82) is 0 Å². The quantitative estimate of drug-likeness (QED) is 0.467.